The minimum absolute atomic E-state index is 0.0277. The molecule has 2 bridgehead atoms. The zero-order valence-corrected chi connectivity index (χ0v) is 20.4. The maximum Gasteiger partial charge on any atom is 0.274 e. The lowest BCUT2D eigenvalue weighted by Gasteiger charge is -2.43. The van der Waals surface area contributed by atoms with Crippen molar-refractivity contribution in [2.45, 2.75) is 18.9 Å². The highest BCUT2D eigenvalue weighted by atomic mass is 32.1. The topological polar surface area (TPSA) is 71.4 Å². The third kappa shape index (κ3) is 4.16. The van der Waals surface area contributed by atoms with Crippen molar-refractivity contribution in [1.82, 2.24) is 9.47 Å². The van der Waals surface area contributed by atoms with Crippen LogP contribution in [0, 0.1) is 5.92 Å². The van der Waals surface area contributed by atoms with Crippen LogP contribution in [0.3, 0.4) is 0 Å². The molecule has 0 unspecified atom stereocenters. The Labute approximate surface area is 212 Å². The number of amides is 2. The predicted molar refractivity (Wildman–Crippen MR) is 142 cm³/mol. The van der Waals surface area contributed by atoms with Crippen molar-refractivity contribution in [2.24, 2.45) is 5.92 Å². The second-order valence-corrected chi connectivity index (χ2v) is 10.4. The van der Waals surface area contributed by atoms with Gasteiger partial charge in [-0.2, -0.15) is 0 Å². The van der Waals surface area contributed by atoms with Crippen molar-refractivity contribution in [2.75, 3.05) is 18.4 Å². The fourth-order valence-corrected chi connectivity index (χ4v) is 6.04. The molecule has 2 aliphatic rings. The molecule has 2 aromatic carbocycles. The summed E-state index contributed by atoms with van der Waals surface area (Å²) in [7, 11) is 0. The summed E-state index contributed by atoms with van der Waals surface area (Å²) in [6.45, 7) is 1.74. The number of benzene rings is 2. The fraction of sp³-hybridized carbons (Fsp3) is 0.207. The fourth-order valence-electron chi connectivity index (χ4n) is 5.42. The zero-order chi connectivity index (χ0) is 24.6. The first-order valence-electron chi connectivity index (χ1n) is 12.1. The number of thiophene rings is 1. The third-order valence-electron chi connectivity index (χ3n) is 7.12. The molecule has 2 amide bonds. The van der Waals surface area contributed by atoms with Gasteiger partial charge in [-0.25, -0.2) is 0 Å². The van der Waals surface area contributed by atoms with Gasteiger partial charge in [-0.3, -0.25) is 14.4 Å². The van der Waals surface area contributed by atoms with E-state index in [1.165, 1.54) is 11.3 Å². The minimum Gasteiger partial charge on any atom is -0.338 e. The average molecular weight is 496 g/mol. The number of carbonyl (C=O) groups excluding carboxylic acids is 2. The largest absolute Gasteiger partial charge is 0.338 e. The average Bonchev–Trinajstić information content (AvgIpc) is 3.46. The van der Waals surface area contributed by atoms with Gasteiger partial charge in [0.2, 0.25) is 0 Å². The highest BCUT2D eigenvalue weighted by Gasteiger charge is 2.37. The van der Waals surface area contributed by atoms with Gasteiger partial charge >= 0.3 is 0 Å². The number of piperidine rings is 1. The van der Waals surface area contributed by atoms with E-state index in [9.17, 15) is 14.4 Å². The summed E-state index contributed by atoms with van der Waals surface area (Å²) >= 11 is 1.34. The highest BCUT2D eigenvalue weighted by Crippen LogP contribution is 2.36. The molecule has 2 aromatic heterocycles. The first-order valence-corrected chi connectivity index (χ1v) is 13.0. The van der Waals surface area contributed by atoms with Crippen molar-refractivity contribution < 1.29 is 9.59 Å². The second kappa shape index (κ2) is 9.24. The van der Waals surface area contributed by atoms with Gasteiger partial charge in [-0.1, -0.05) is 48.5 Å². The van der Waals surface area contributed by atoms with Crippen LogP contribution in [0.1, 0.15) is 38.1 Å². The molecule has 180 valence electrons. The maximum atomic E-state index is 13.4. The Kier molecular flexibility index (Phi) is 5.77. The van der Waals surface area contributed by atoms with Crippen LogP contribution in [0.25, 0.3) is 11.1 Å². The zero-order valence-electron chi connectivity index (χ0n) is 19.6. The molecule has 2 atom stereocenters. The molecule has 4 aromatic rings. The van der Waals surface area contributed by atoms with E-state index in [-0.39, 0.29) is 29.2 Å². The molecule has 4 heterocycles. The lowest BCUT2D eigenvalue weighted by molar-refractivity contribution is 0.0594. The second-order valence-electron chi connectivity index (χ2n) is 9.47. The number of hydrogen-bond acceptors (Lipinski definition) is 4. The van der Waals surface area contributed by atoms with E-state index in [0.717, 1.165) is 23.2 Å². The summed E-state index contributed by atoms with van der Waals surface area (Å²) < 4.78 is 1.79. The number of fused-ring (bicyclic) bond motifs is 4. The number of anilines is 1. The molecule has 0 aliphatic carbocycles. The van der Waals surface area contributed by atoms with Crippen molar-refractivity contribution >= 4 is 28.8 Å². The molecule has 1 N–H and O–H groups in total. The van der Waals surface area contributed by atoms with Gasteiger partial charge in [0, 0.05) is 36.8 Å². The summed E-state index contributed by atoms with van der Waals surface area (Å²) in [4.78, 5) is 41.5. The Morgan fingerprint density at radius 1 is 0.833 bits per heavy atom. The number of likely N-dealkylation sites (tertiary alicyclic amines) is 1. The van der Waals surface area contributed by atoms with Crippen LogP contribution in [0.2, 0.25) is 0 Å². The van der Waals surface area contributed by atoms with Gasteiger partial charge in [0.15, 0.2) is 0 Å². The molecule has 6 rings (SSSR count). The molecule has 0 spiro atoms. The Morgan fingerprint density at radius 3 is 2.36 bits per heavy atom. The Balaban J connectivity index is 1.20. The summed E-state index contributed by atoms with van der Waals surface area (Å²) in [6.07, 6.45) is 0.955. The monoisotopic (exact) mass is 495 g/mol. The number of rotatable bonds is 4. The highest BCUT2D eigenvalue weighted by molar-refractivity contribution is 7.12. The number of hydrogen-bond donors (Lipinski definition) is 1. The van der Waals surface area contributed by atoms with Gasteiger partial charge in [-0.05, 0) is 59.2 Å². The van der Waals surface area contributed by atoms with E-state index < -0.39 is 0 Å². The quantitative estimate of drug-likeness (QED) is 0.429. The molecule has 0 saturated carbocycles. The van der Waals surface area contributed by atoms with E-state index in [4.69, 9.17) is 0 Å². The van der Waals surface area contributed by atoms with Crippen molar-refractivity contribution in [3.05, 3.63) is 111 Å². The van der Waals surface area contributed by atoms with Crippen LogP contribution in [0.5, 0.6) is 0 Å². The van der Waals surface area contributed by atoms with E-state index in [0.29, 0.717) is 35.8 Å². The van der Waals surface area contributed by atoms with Gasteiger partial charge in [0.05, 0.1) is 4.88 Å². The van der Waals surface area contributed by atoms with E-state index in [1.54, 1.807) is 16.7 Å². The van der Waals surface area contributed by atoms with Crippen LogP contribution >= 0.6 is 11.3 Å². The Bertz CT molecular complexity index is 1480. The molecule has 6 nitrogen and oxygen atoms in total. The van der Waals surface area contributed by atoms with Gasteiger partial charge in [0.1, 0.15) is 5.69 Å². The first-order chi connectivity index (χ1) is 17.6. The summed E-state index contributed by atoms with van der Waals surface area (Å²) in [5.41, 5.74) is 3.93. The van der Waals surface area contributed by atoms with Crippen LogP contribution in [-0.2, 0) is 6.54 Å². The predicted octanol–water partition coefficient (Wildman–Crippen LogP) is 5.09. The Hall–Kier alpha value is -3.97. The Morgan fingerprint density at radius 2 is 1.61 bits per heavy atom. The smallest absolute Gasteiger partial charge is 0.274 e. The lowest BCUT2D eigenvalue weighted by atomic mass is 9.83. The normalized spacial score (nSPS) is 18.4. The molecule has 0 radical (unpaired) electrons. The third-order valence-corrected chi connectivity index (χ3v) is 7.99. The van der Waals surface area contributed by atoms with Gasteiger partial charge < -0.3 is 14.8 Å². The van der Waals surface area contributed by atoms with E-state index in [2.05, 4.69) is 17.4 Å². The molecule has 7 heteroatoms. The number of aromatic nitrogens is 1. The molecule has 1 fully saturated rings. The number of carbonyl (C=O) groups is 2. The summed E-state index contributed by atoms with van der Waals surface area (Å²) in [5, 5.41) is 4.60. The number of nitrogens with one attached hydrogen (secondary N) is 1. The molecular formula is C29H25N3O3S. The van der Waals surface area contributed by atoms with Crippen molar-refractivity contribution in [3.63, 3.8) is 0 Å². The maximum absolute atomic E-state index is 13.4. The number of pyridine rings is 1. The minimum atomic E-state index is -0.270. The van der Waals surface area contributed by atoms with E-state index >= 15 is 0 Å². The van der Waals surface area contributed by atoms with Gasteiger partial charge in [-0.15, -0.1) is 11.3 Å². The molecular weight excluding hydrogens is 470 g/mol. The van der Waals surface area contributed by atoms with Crippen LogP contribution < -0.4 is 10.9 Å². The van der Waals surface area contributed by atoms with E-state index in [1.807, 2.05) is 64.9 Å². The van der Waals surface area contributed by atoms with Gasteiger partial charge in [0.25, 0.3) is 17.4 Å². The lowest BCUT2D eigenvalue weighted by Crippen LogP contribution is -2.49. The SMILES string of the molecule is O=C(Nc1ccc2n(c1=O)C[C@H]1C[C@@H]2CN(C(=O)c2ccc(-c3ccccc3)cc2)C1)c1cccs1. The standard InChI is InChI=1S/C29H25N3O3S/c33-27(26-7-4-14-36-26)30-24-12-13-25-23-15-19(17-32(25)29(24)35)16-31(18-23)28(34)22-10-8-21(9-11-22)20-5-2-1-3-6-20/h1-14,19,23H,15-18H2,(H,30,33)/t19-,23+/m0/s1. The molecule has 2 aliphatic heterocycles. The van der Waals surface area contributed by atoms with Crippen LogP contribution in [0.15, 0.2) is 89.0 Å². The molecule has 36 heavy (non-hydrogen) atoms. The van der Waals surface area contributed by atoms with Crippen LogP contribution in [0.4, 0.5) is 5.69 Å². The van der Waals surface area contributed by atoms with Crippen molar-refractivity contribution in [1.29, 1.82) is 0 Å². The number of nitrogens with zero attached hydrogens (tertiary/aromatic N) is 2. The van der Waals surface area contributed by atoms with Crippen LogP contribution in [-0.4, -0.2) is 34.4 Å². The van der Waals surface area contributed by atoms with Crippen molar-refractivity contribution in [3.8, 4) is 11.1 Å². The first kappa shape index (κ1) is 22.5. The molecule has 1 saturated heterocycles. The summed E-state index contributed by atoms with van der Waals surface area (Å²) in [6, 6.07) is 25.1. The summed E-state index contributed by atoms with van der Waals surface area (Å²) in [5.74, 6) is 0.0539.